The summed E-state index contributed by atoms with van der Waals surface area (Å²) >= 11 is 0. The fourth-order valence-corrected chi connectivity index (χ4v) is 2.08. The van der Waals surface area contributed by atoms with Gasteiger partial charge in [0.15, 0.2) is 6.29 Å². The molecule has 0 unspecified atom stereocenters. The van der Waals surface area contributed by atoms with E-state index in [4.69, 9.17) is 0 Å². The molecule has 3 heteroatoms. The highest BCUT2D eigenvalue weighted by molar-refractivity contribution is 5.77. The summed E-state index contributed by atoms with van der Waals surface area (Å²) in [6.45, 7) is 8.33. The second-order valence-corrected chi connectivity index (χ2v) is 5.29. The summed E-state index contributed by atoms with van der Waals surface area (Å²) in [4.78, 5) is 15.9. The molecule has 0 aliphatic heterocycles. The first kappa shape index (κ1) is 11.8. The number of nitrogens with zero attached hydrogens (tertiary/aromatic N) is 2. The maximum Gasteiger partial charge on any atom is 0.168 e. The minimum Gasteiger partial charge on any atom is -0.297 e. The molecule has 0 amide bonds. The molecule has 0 aliphatic carbocycles. The van der Waals surface area contributed by atoms with Crippen molar-refractivity contribution in [2.24, 2.45) is 0 Å². The van der Waals surface area contributed by atoms with E-state index in [2.05, 4.69) is 38.7 Å². The Kier molecular flexibility index (Phi) is 2.77. The van der Waals surface area contributed by atoms with Crippen molar-refractivity contribution in [2.45, 2.75) is 39.5 Å². The van der Waals surface area contributed by atoms with Crippen molar-refractivity contribution >= 4 is 11.9 Å². The van der Waals surface area contributed by atoms with Gasteiger partial charge in [-0.05, 0) is 18.1 Å². The van der Waals surface area contributed by atoms with Crippen molar-refractivity contribution in [2.75, 3.05) is 0 Å². The number of carbonyl (C=O) groups is 1. The molecule has 2 heterocycles. The van der Waals surface area contributed by atoms with E-state index in [1.54, 1.807) is 0 Å². The second-order valence-electron chi connectivity index (χ2n) is 5.29. The third kappa shape index (κ3) is 1.86. The maximum atomic E-state index is 11.3. The van der Waals surface area contributed by atoms with Gasteiger partial charge in [-0.1, -0.05) is 33.8 Å². The molecule has 0 N–H and O–H groups in total. The summed E-state index contributed by atoms with van der Waals surface area (Å²) in [6.07, 6.45) is 3.73. The van der Waals surface area contributed by atoms with Gasteiger partial charge in [0.2, 0.25) is 0 Å². The number of aryl methyl sites for hydroxylation is 1. The number of pyridine rings is 1. The third-order valence-electron chi connectivity index (χ3n) is 2.97. The predicted molar refractivity (Wildman–Crippen MR) is 68.7 cm³/mol. The summed E-state index contributed by atoms with van der Waals surface area (Å²) in [6, 6.07) is 4.02. The van der Waals surface area contributed by atoms with E-state index in [9.17, 15) is 4.79 Å². The average Bonchev–Trinajstić information content (AvgIpc) is 2.66. The topological polar surface area (TPSA) is 34.4 Å². The van der Waals surface area contributed by atoms with Gasteiger partial charge in [-0.25, -0.2) is 4.98 Å². The van der Waals surface area contributed by atoms with Crippen LogP contribution in [0.3, 0.4) is 0 Å². The Labute approximate surface area is 101 Å². The zero-order valence-corrected chi connectivity index (χ0v) is 10.8. The lowest BCUT2D eigenvalue weighted by Gasteiger charge is -2.15. The van der Waals surface area contributed by atoms with Crippen LogP contribution in [0.5, 0.6) is 0 Å². The zero-order chi connectivity index (χ0) is 12.6. The molecule has 2 aromatic heterocycles. The minimum atomic E-state index is -0.118. The van der Waals surface area contributed by atoms with Crippen LogP contribution in [-0.2, 0) is 11.8 Å². The second kappa shape index (κ2) is 3.99. The van der Waals surface area contributed by atoms with Crippen molar-refractivity contribution in [1.82, 2.24) is 9.38 Å². The van der Waals surface area contributed by atoms with Gasteiger partial charge < -0.3 is 0 Å². The van der Waals surface area contributed by atoms with Crippen LogP contribution in [0.15, 0.2) is 18.3 Å². The van der Waals surface area contributed by atoms with Crippen molar-refractivity contribution < 1.29 is 4.79 Å². The van der Waals surface area contributed by atoms with E-state index < -0.39 is 0 Å². The molecule has 0 aromatic carbocycles. The van der Waals surface area contributed by atoms with E-state index >= 15 is 0 Å². The van der Waals surface area contributed by atoms with E-state index in [1.165, 1.54) is 5.56 Å². The van der Waals surface area contributed by atoms with Crippen LogP contribution >= 0.6 is 0 Å². The first-order valence-electron chi connectivity index (χ1n) is 5.94. The first-order valence-corrected chi connectivity index (χ1v) is 5.94. The monoisotopic (exact) mass is 230 g/mol. The molecule has 17 heavy (non-hydrogen) atoms. The highest BCUT2D eigenvalue weighted by Gasteiger charge is 2.24. The molecule has 90 valence electrons. The Bertz CT molecular complexity index is 561. The fourth-order valence-electron chi connectivity index (χ4n) is 2.08. The average molecular weight is 230 g/mol. The molecule has 3 nitrogen and oxygen atoms in total. The van der Waals surface area contributed by atoms with Gasteiger partial charge in [0, 0.05) is 11.6 Å². The van der Waals surface area contributed by atoms with Crippen LogP contribution in [-0.4, -0.2) is 15.7 Å². The standard InChI is InChI=1S/C14H18N2O/c1-5-10-7-6-8-16-11(9-17)12(14(2,3)4)15-13(10)16/h6-9H,5H2,1-4H3. The number of imidazole rings is 1. The molecule has 0 atom stereocenters. The van der Waals surface area contributed by atoms with Crippen molar-refractivity contribution in [3.05, 3.63) is 35.3 Å². The van der Waals surface area contributed by atoms with Gasteiger partial charge in [0.1, 0.15) is 11.3 Å². The molecule has 0 bridgehead atoms. The van der Waals surface area contributed by atoms with Gasteiger partial charge >= 0.3 is 0 Å². The maximum absolute atomic E-state index is 11.3. The molecule has 0 aliphatic rings. The first-order chi connectivity index (χ1) is 7.99. The lowest BCUT2D eigenvalue weighted by atomic mass is 9.91. The smallest absolute Gasteiger partial charge is 0.168 e. The Morgan fingerprint density at radius 3 is 2.65 bits per heavy atom. The van der Waals surface area contributed by atoms with Gasteiger partial charge in [-0.2, -0.15) is 0 Å². The Morgan fingerprint density at radius 1 is 1.41 bits per heavy atom. The van der Waals surface area contributed by atoms with Crippen molar-refractivity contribution in [3.8, 4) is 0 Å². The normalized spacial score (nSPS) is 12.0. The van der Waals surface area contributed by atoms with Crippen molar-refractivity contribution in [3.63, 3.8) is 0 Å². The minimum absolute atomic E-state index is 0.118. The number of hydrogen-bond donors (Lipinski definition) is 0. The number of carbonyl (C=O) groups excluding carboxylic acids is 1. The highest BCUT2D eigenvalue weighted by Crippen LogP contribution is 2.26. The van der Waals surface area contributed by atoms with Crippen LogP contribution in [0.4, 0.5) is 0 Å². The largest absolute Gasteiger partial charge is 0.297 e. The number of aldehydes is 1. The molecule has 0 radical (unpaired) electrons. The molecular weight excluding hydrogens is 212 g/mol. The quantitative estimate of drug-likeness (QED) is 0.743. The van der Waals surface area contributed by atoms with Crippen LogP contribution in [0.2, 0.25) is 0 Å². The Morgan fingerprint density at radius 2 is 2.12 bits per heavy atom. The molecule has 0 spiro atoms. The molecule has 2 aromatic rings. The van der Waals surface area contributed by atoms with Crippen LogP contribution < -0.4 is 0 Å². The van der Waals surface area contributed by atoms with Crippen LogP contribution in [0.25, 0.3) is 5.65 Å². The summed E-state index contributed by atoms with van der Waals surface area (Å²) in [7, 11) is 0. The molecular formula is C14H18N2O. The number of hydrogen-bond acceptors (Lipinski definition) is 2. The predicted octanol–water partition coefficient (Wildman–Crippen LogP) is 3.01. The molecule has 0 saturated carbocycles. The Balaban J connectivity index is 2.84. The van der Waals surface area contributed by atoms with E-state index in [1.807, 2.05) is 16.7 Å². The number of fused-ring (bicyclic) bond motifs is 1. The lowest BCUT2D eigenvalue weighted by molar-refractivity contribution is 0.111. The van der Waals surface area contributed by atoms with E-state index in [0.29, 0.717) is 5.69 Å². The molecule has 0 saturated heterocycles. The van der Waals surface area contributed by atoms with Crippen LogP contribution in [0, 0.1) is 0 Å². The van der Waals surface area contributed by atoms with Gasteiger partial charge in [0.05, 0.1) is 5.69 Å². The van der Waals surface area contributed by atoms with E-state index in [0.717, 1.165) is 24.0 Å². The summed E-state index contributed by atoms with van der Waals surface area (Å²) in [5.41, 5.74) is 3.50. The van der Waals surface area contributed by atoms with Gasteiger partial charge in [0.25, 0.3) is 0 Å². The molecule has 0 fully saturated rings. The zero-order valence-electron chi connectivity index (χ0n) is 10.8. The number of aromatic nitrogens is 2. The summed E-state index contributed by atoms with van der Waals surface area (Å²) in [5, 5.41) is 0. The fraction of sp³-hybridized carbons (Fsp3) is 0.429. The molecule has 2 rings (SSSR count). The number of rotatable bonds is 2. The van der Waals surface area contributed by atoms with Crippen LogP contribution in [0.1, 0.15) is 49.4 Å². The lowest BCUT2D eigenvalue weighted by Crippen LogP contribution is -2.14. The van der Waals surface area contributed by atoms with Gasteiger partial charge in [-0.3, -0.25) is 9.20 Å². The summed E-state index contributed by atoms with van der Waals surface area (Å²) in [5.74, 6) is 0. The Hall–Kier alpha value is -1.64. The third-order valence-corrected chi connectivity index (χ3v) is 2.97. The highest BCUT2D eigenvalue weighted by atomic mass is 16.1. The van der Waals surface area contributed by atoms with E-state index in [-0.39, 0.29) is 5.41 Å². The SMILES string of the molecule is CCc1cccn2c(C=O)c(C(C)(C)C)nc12. The van der Waals surface area contributed by atoms with Gasteiger partial charge in [-0.15, -0.1) is 0 Å². The van der Waals surface area contributed by atoms with Crippen molar-refractivity contribution in [1.29, 1.82) is 0 Å². The summed E-state index contributed by atoms with van der Waals surface area (Å²) < 4.78 is 1.90.